The molecule has 1 aromatic carbocycles. The molecule has 8 heteroatoms. The molecule has 2 heterocycles. The topological polar surface area (TPSA) is 90.3 Å². The summed E-state index contributed by atoms with van der Waals surface area (Å²) in [6.07, 6.45) is 2.65. The van der Waals surface area contributed by atoms with Crippen LogP contribution in [0.15, 0.2) is 18.5 Å². The molecule has 0 unspecified atom stereocenters. The van der Waals surface area contributed by atoms with Gasteiger partial charge in [0.05, 0.1) is 6.54 Å². The van der Waals surface area contributed by atoms with E-state index in [0.29, 0.717) is 36.9 Å². The van der Waals surface area contributed by atoms with Gasteiger partial charge in [-0.15, -0.1) is 10.2 Å². The van der Waals surface area contributed by atoms with E-state index in [-0.39, 0.29) is 6.03 Å². The first kappa shape index (κ1) is 16.1. The zero-order valence-corrected chi connectivity index (χ0v) is 13.8. The number of fused-ring (bicyclic) bond motifs is 1. The van der Waals surface area contributed by atoms with Crippen molar-refractivity contribution in [2.75, 3.05) is 18.5 Å². The van der Waals surface area contributed by atoms with Crippen LogP contribution in [0.2, 0.25) is 0 Å². The van der Waals surface area contributed by atoms with Crippen LogP contribution in [0.3, 0.4) is 0 Å². The van der Waals surface area contributed by atoms with Gasteiger partial charge in [0.1, 0.15) is 19.5 Å². The summed E-state index contributed by atoms with van der Waals surface area (Å²) in [6, 6.07) is 3.34. The molecular weight excluding hydrogens is 310 g/mol. The molecule has 0 radical (unpaired) electrons. The van der Waals surface area contributed by atoms with Gasteiger partial charge in [-0.2, -0.15) is 0 Å². The second kappa shape index (κ2) is 7.20. The third-order valence-corrected chi connectivity index (χ3v) is 3.70. The Kier molecular flexibility index (Phi) is 4.83. The monoisotopic (exact) mass is 331 g/mol. The zero-order chi connectivity index (χ0) is 16.9. The van der Waals surface area contributed by atoms with Crippen molar-refractivity contribution in [3.63, 3.8) is 0 Å². The van der Waals surface area contributed by atoms with E-state index in [4.69, 9.17) is 9.47 Å². The van der Waals surface area contributed by atoms with Crippen LogP contribution < -0.4 is 20.1 Å². The number of anilines is 1. The molecule has 8 nitrogen and oxygen atoms in total. The molecule has 0 spiro atoms. The molecule has 2 amide bonds. The van der Waals surface area contributed by atoms with Crippen molar-refractivity contribution in [2.45, 2.75) is 33.4 Å². The first-order valence-corrected chi connectivity index (χ1v) is 7.99. The predicted molar refractivity (Wildman–Crippen MR) is 88.3 cm³/mol. The first-order valence-electron chi connectivity index (χ1n) is 7.99. The fraction of sp³-hybridized carbons (Fsp3) is 0.438. The molecule has 24 heavy (non-hydrogen) atoms. The van der Waals surface area contributed by atoms with E-state index >= 15 is 0 Å². The molecule has 0 aliphatic carbocycles. The second-order valence-corrected chi connectivity index (χ2v) is 5.56. The summed E-state index contributed by atoms with van der Waals surface area (Å²) in [5.74, 6) is 2.08. The quantitative estimate of drug-likeness (QED) is 0.875. The van der Waals surface area contributed by atoms with Crippen molar-refractivity contribution in [1.29, 1.82) is 0 Å². The summed E-state index contributed by atoms with van der Waals surface area (Å²) in [6.45, 7) is 6.18. The molecule has 1 aromatic heterocycles. The minimum Gasteiger partial charge on any atom is -0.486 e. The summed E-state index contributed by atoms with van der Waals surface area (Å²) in [7, 11) is 0. The normalized spacial score (nSPS) is 12.8. The number of rotatable bonds is 5. The summed E-state index contributed by atoms with van der Waals surface area (Å²) in [4.78, 5) is 12.1. The van der Waals surface area contributed by atoms with Crippen LogP contribution in [-0.4, -0.2) is 34.0 Å². The number of amides is 2. The second-order valence-electron chi connectivity index (χ2n) is 5.56. The van der Waals surface area contributed by atoms with Gasteiger partial charge >= 0.3 is 6.03 Å². The maximum Gasteiger partial charge on any atom is 0.319 e. The summed E-state index contributed by atoms with van der Waals surface area (Å²) in [5, 5.41) is 13.5. The number of hydrogen-bond acceptors (Lipinski definition) is 5. The van der Waals surface area contributed by atoms with E-state index in [1.54, 1.807) is 12.4 Å². The van der Waals surface area contributed by atoms with E-state index in [1.807, 2.05) is 17.6 Å². The molecule has 0 saturated heterocycles. The Bertz CT molecular complexity index is 728. The molecule has 128 valence electrons. The first-order chi connectivity index (χ1) is 11.7. The van der Waals surface area contributed by atoms with Crippen molar-refractivity contribution in [1.82, 2.24) is 20.1 Å². The predicted octanol–water partition coefficient (Wildman–Crippen LogP) is 2.09. The number of ether oxygens (including phenoxy) is 2. The fourth-order valence-corrected chi connectivity index (χ4v) is 2.49. The minimum atomic E-state index is -0.305. The molecular formula is C16H21N5O3. The highest BCUT2D eigenvalue weighted by Gasteiger charge is 2.15. The van der Waals surface area contributed by atoms with E-state index in [2.05, 4.69) is 27.8 Å². The van der Waals surface area contributed by atoms with Gasteiger partial charge in [-0.1, -0.05) is 6.92 Å². The third-order valence-electron chi connectivity index (χ3n) is 3.70. The highest BCUT2D eigenvalue weighted by atomic mass is 16.6. The summed E-state index contributed by atoms with van der Waals surface area (Å²) < 4.78 is 13.0. The Morgan fingerprint density at radius 3 is 2.79 bits per heavy atom. The van der Waals surface area contributed by atoms with Crippen LogP contribution in [-0.2, 0) is 13.1 Å². The lowest BCUT2D eigenvalue weighted by Crippen LogP contribution is -2.29. The van der Waals surface area contributed by atoms with E-state index in [1.165, 1.54) is 0 Å². The Morgan fingerprint density at radius 2 is 2.04 bits per heavy atom. The Balaban J connectivity index is 1.61. The van der Waals surface area contributed by atoms with Crippen LogP contribution >= 0.6 is 0 Å². The average molecular weight is 331 g/mol. The standard InChI is InChI=1S/C16H21N5O3/c1-3-4-21-10-18-20-15(21)9-17-16(22)19-12-8-14-13(7-11(12)2)23-5-6-24-14/h7-8,10H,3-6,9H2,1-2H3,(H2,17,19,22). The molecule has 3 rings (SSSR count). The maximum absolute atomic E-state index is 12.1. The van der Waals surface area contributed by atoms with Crippen molar-refractivity contribution >= 4 is 11.7 Å². The molecule has 0 fully saturated rings. The smallest absolute Gasteiger partial charge is 0.319 e. The van der Waals surface area contributed by atoms with Crippen molar-refractivity contribution < 1.29 is 14.3 Å². The van der Waals surface area contributed by atoms with Crippen molar-refractivity contribution in [3.8, 4) is 11.5 Å². The van der Waals surface area contributed by atoms with Crippen LogP contribution in [0, 0.1) is 6.92 Å². The molecule has 2 aromatic rings. The van der Waals surface area contributed by atoms with Crippen LogP contribution in [0.4, 0.5) is 10.5 Å². The number of benzene rings is 1. The highest BCUT2D eigenvalue weighted by Crippen LogP contribution is 2.35. The number of aromatic nitrogens is 3. The lowest BCUT2D eigenvalue weighted by atomic mass is 10.1. The lowest BCUT2D eigenvalue weighted by molar-refractivity contribution is 0.171. The van der Waals surface area contributed by atoms with Gasteiger partial charge < -0.3 is 24.7 Å². The van der Waals surface area contributed by atoms with Gasteiger partial charge in [0.2, 0.25) is 0 Å². The summed E-state index contributed by atoms with van der Waals surface area (Å²) >= 11 is 0. The van der Waals surface area contributed by atoms with Gasteiger partial charge in [0.25, 0.3) is 0 Å². The third kappa shape index (κ3) is 3.58. The van der Waals surface area contributed by atoms with Gasteiger partial charge in [-0.25, -0.2) is 4.79 Å². The molecule has 1 aliphatic heterocycles. The van der Waals surface area contributed by atoms with Crippen molar-refractivity contribution in [2.24, 2.45) is 0 Å². The molecule has 2 N–H and O–H groups in total. The van der Waals surface area contributed by atoms with E-state index in [0.717, 1.165) is 24.4 Å². The Hall–Kier alpha value is -2.77. The number of aryl methyl sites for hydroxylation is 2. The number of carbonyl (C=O) groups excluding carboxylic acids is 1. The number of nitrogens with one attached hydrogen (secondary N) is 2. The lowest BCUT2D eigenvalue weighted by Gasteiger charge is -2.20. The maximum atomic E-state index is 12.1. The largest absolute Gasteiger partial charge is 0.486 e. The number of nitrogens with zero attached hydrogens (tertiary/aromatic N) is 3. The van der Waals surface area contributed by atoms with Gasteiger partial charge in [0, 0.05) is 18.3 Å². The molecule has 0 saturated carbocycles. The van der Waals surface area contributed by atoms with Gasteiger partial charge in [-0.05, 0) is 25.0 Å². The SMILES string of the molecule is CCCn1cnnc1CNC(=O)Nc1cc2c(cc1C)OCCO2. The average Bonchev–Trinajstić information content (AvgIpc) is 3.01. The van der Waals surface area contributed by atoms with E-state index in [9.17, 15) is 4.79 Å². The van der Waals surface area contributed by atoms with Gasteiger partial charge in [-0.3, -0.25) is 0 Å². The van der Waals surface area contributed by atoms with Crippen LogP contribution in [0.1, 0.15) is 24.7 Å². The van der Waals surface area contributed by atoms with E-state index < -0.39 is 0 Å². The molecule has 0 bridgehead atoms. The van der Waals surface area contributed by atoms with Crippen LogP contribution in [0.25, 0.3) is 0 Å². The fourth-order valence-electron chi connectivity index (χ4n) is 2.49. The number of urea groups is 1. The zero-order valence-electron chi connectivity index (χ0n) is 13.8. The molecule has 1 aliphatic rings. The number of carbonyl (C=O) groups is 1. The Labute approximate surface area is 140 Å². The number of hydrogen-bond donors (Lipinski definition) is 2. The van der Waals surface area contributed by atoms with Crippen LogP contribution in [0.5, 0.6) is 11.5 Å². The Morgan fingerprint density at radius 1 is 1.29 bits per heavy atom. The minimum absolute atomic E-state index is 0.305. The van der Waals surface area contributed by atoms with Crippen molar-refractivity contribution in [3.05, 3.63) is 29.8 Å². The van der Waals surface area contributed by atoms with Gasteiger partial charge in [0.15, 0.2) is 17.3 Å². The summed E-state index contributed by atoms with van der Waals surface area (Å²) in [5.41, 5.74) is 1.59. The highest BCUT2D eigenvalue weighted by molar-refractivity contribution is 5.90. The molecule has 0 atom stereocenters.